The summed E-state index contributed by atoms with van der Waals surface area (Å²) in [7, 11) is 0. The second-order valence-electron chi connectivity index (χ2n) is 5.62. The normalized spacial score (nSPS) is 16.3. The highest BCUT2D eigenvalue weighted by molar-refractivity contribution is 9.10. The van der Waals surface area contributed by atoms with E-state index in [1.165, 1.54) is 9.35 Å². The summed E-state index contributed by atoms with van der Waals surface area (Å²) in [6, 6.07) is 9.29. The fourth-order valence-electron chi connectivity index (χ4n) is 2.78. The molecule has 0 bridgehead atoms. The highest BCUT2D eigenvalue weighted by atomic mass is 79.9. The molecule has 0 aliphatic carbocycles. The van der Waals surface area contributed by atoms with E-state index in [-0.39, 0.29) is 5.91 Å². The molecule has 1 aromatic heterocycles. The number of hydrogen-bond donors (Lipinski definition) is 0. The minimum Gasteiger partial charge on any atom is -0.337 e. The summed E-state index contributed by atoms with van der Waals surface area (Å²) in [6.07, 6.45) is 0.995. The van der Waals surface area contributed by atoms with Crippen molar-refractivity contribution in [2.45, 2.75) is 13.0 Å². The number of nitrogens with zero attached hydrogens (tertiary/aromatic N) is 2. The van der Waals surface area contributed by atoms with Crippen LogP contribution in [0.2, 0.25) is 5.02 Å². The van der Waals surface area contributed by atoms with Crippen LogP contribution in [-0.2, 0) is 6.54 Å². The van der Waals surface area contributed by atoms with E-state index in [2.05, 4.69) is 32.3 Å². The van der Waals surface area contributed by atoms with E-state index in [0.717, 1.165) is 39.1 Å². The van der Waals surface area contributed by atoms with Gasteiger partial charge in [0.2, 0.25) is 0 Å². The Bertz CT molecular complexity index is 691. The lowest BCUT2D eigenvalue weighted by atomic mass is 10.2. The topological polar surface area (TPSA) is 23.6 Å². The summed E-state index contributed by atoms with van der Waals surface area (Å²) >= 11 is 11.4. The van der Waals surface area contributed by atoms with Crippen LogP contribution in [0, 0.1) is 0 Å². The number of hydrogen-bond acceptors (Lipinski definition) is 3. The maximum absolute atomic E-state index is 12.6. The van der Waals surface area contributed by atoms with Crippen molar-refractivity contribution >= 4 is 44.8 Å². The van der Waals surface area contributed by atoms with Gasteiger partial charge in [-0.2, -0.15) is 0 Å². The van der Waals surface area contributed by atoms with E-state index < -0.39 is 0 Å². The molecule has 1 fully saturated rings. The van der Waals surface area contributed by atoms with Crippen molar-refractivity contribution in [1.82, 2.24) is 9.80 Å². The van der Waals surface area contributed by atoms with Crippen molar-refractivity contribution in [2.75, 3.05) is 26.2 Å². The average Bonchev–Trinajstić information content (AvgIpc) is 2.81. The third kappa shape index (κ3) is 4.35. The summed E-state index contributed by atoms with van der Waals surface area (Å²) in [5, 5.41) is 2.71. The lowest BCUT2D eigenvalue weighted by Gasteiger charge is -2.22. The Morgan fingerprint density at radius 1 is 1.22 bits per heavy atom. The zero-order valence-corrected chi connectivity index (χ0v) is 15.8. The molecule has 0 saturated carbocycles. The minimum atomic E-state index is 0.0756. The first-order chi connectivity index (χ1) is 11.1. The molecule has 3 nitrogen and oxygen atoms in total. The summed E-state index contributed by atoms with van der Waals surface area (Å²) in [4.78, 5) is 18.3. The maximum Gasteiger partial charge on any atom is 0.253 e. The van der Waals surface area contributed by atoms with E-state index in [4.69, 9.17) is 11.6 Å². The Balaban J connectivity index is 1.62. The molecule has 0 N–H and O–H groups in total. The molecule has 1 aliphatic rings. The predicted molar refractivity (Wildman–Crippen MR) is 99.3 cm³/mol. The molecule has 0 atom stereocenters. The van der Waals surface area contributed by atoms with Gasteiger partial charge in [0.25, 0.3) is 5.91 Å². The van der Waals surface area contributed by atoms with Gasteiger partial charge in [-0.3, -0.25) is 9.69 Å². The molecule has 1 saturated heterocycles. The highest BCUT2D eigenvalue weighted by Crippen LogP contribution is 2.24. The van der Waals surface area contributed by atoms with Gasteiger partial charge in [-0.1, -0.05) is 17.7 Å². The molecule has 3 rings (SSSR count). The lowest BCUT2D eigenvalue weighted by Crippen LogP contribution is -2.35. The molecule has 23 heavy (non-hydrogen) atoms. The first-order valence-corrected chi connectivity index (χ1v) is 9.67. The molecule has 0 radical (unpaired) electrons. The SMILES string of the molecule is O=C(c1cccc(Cl)c1)N1CCCN(Cc2sccc2Br)CC1. The first kappa shape index (κ1) is 17.0. The van der Waals surface area contributed by atoms with Crippen molar-refractivity contribution in [3.63, 3.8) is 0 Å². The molecule has 1 aromatic carbocycles. The van der Waals surface area contributed by atoms with Crippen LogP contribution >= 0.6 is 38.9 Å². The quantitative estimate of drug-likeness (QED) is 0.739. The van der Waals surface area contributed by atoms with Gasteiger partial charge in [0.15, 0.2) is 0 Å². The third-order valence-electron chi connectivity index (χ3n) is 4.01. The lowest BCUT2D eigenvalue weighted by molar-refractivity contribution is 0.0761. The second-order valence-corrected chi connectivity index (χ2v) is 7.92. The largest absolute Gasteiger partial charge is 0.337 e. The molecule has 2 aromatic rings. The zero-order valence-electron chi connectivity index (χ0n) is 12.7. The standard InChI is InChI=1S/C17H18BrClN2OS/c18-15-5-10-23-16(15)12-20-6-2-7-21(9-8-20)17(22)13-3-1-4-14(19)11-13/h1,3-5,10-11H,2,6-9,12H2. The van der Waals surface area contributed by atoms with Crippen LogP contribution < -0.4 is 0 Å². The Hall–Kier alpha value is -0.880. The highest BCUT2D eigenvalue weighted by Gasteiger charge is 2.21. The Kier molecular flexibility index (Phi) is 5.75. The van der Waals surface area contributed by atoms with Gasteiger partial charge >= 0.3 is 0 Å². The molecular weight excluding hydrogens is 396 g/mol. The van der Waals surface area contributed by atoms with E-state index in [9.17, 15) is 4.79 Å². The van der Waals surface area contributed by atoms with Crippen LogP contribution in [0.3, 0.4) is 0 Å². The van der Waals surface area contributed by atoms with Crippen LogP contribution in [0.1, 0.15) is 21.7 Å². The number of halogens is 2. The van der Waals surface area contributed by atoms with Crippen molar-refractivity contribution < 1.29 is 4.79 Å². The smallest absolute Gasteiger partial charge is 0.253 e. The number of carbonyl (C=O) groups excluding carboxylic acids is 1. The van der Waals surface area contributed by atoms with Crippen LogP contribution in [0.4, 0.5) is 0 Å². The number of benzene rings is 1. The second kappa shape index (κ2) is 7.79. The van der Waals surface area contributed by atoms with Gasteiger partial charge in [-0.05, 0) is 52.0 Å². The Morgan fingerprint density at radius 3 is 2.83 bits per heavy atom. The number of rotatable bonds is 3. The van der Waals surface area contributed by atoms with E-state index in [1.54, 1.807) is 23.5 Å². The summed E-state index contributed by atoms with van der Waals surface area (Å²) in [5.74, 6) is 0.0756. The summed E-state index contributed by atoms with van der Waals surface area (Å²) in [6.45, 7) is 4.42. The van der Waals surface area contributed by atoms with Crippen LogP contribution in [0.25, 0.3) is 0 Å². The van der Waals surface area contributed by atoms with E-state index in [0.29, 0.717) is 10.6 Å². The van der Waals surface area contributed by atoms with E-state index >= 15 is 0 Å². The Labute approximate surface area is 154 Å². The van der Waals surface area contributed by atoms with Crippen molar-refractivity contribution in [2.24, 2.45) is 0 Å². The fourth-order valence-corrected chi connectivity index (χ4v) is 4.49. The third-order valence-corrected chi connectivity index (χ3v) is 6.15. The van der Waals surface area contributed by atoms with Gasteiger partial charge in [0, 0.05) is 52.7 Å². The van der Waals surface area contributed by atoms with Gasteiger partial charge in [0.05, 0.1) is 0 Å². The molecule has 0 unspecified atom stereocenters. The monoisotopic (exact) mass is 412 g/mol. The molecular formula is C17H18BrClN2OS. The van der Waals surface area contributed by atoms with Crippen molar-refractivity contribution in [3.05, 3.63) is 55.6 Å². The molecule has 2 heterocycles. The van der Waals surface area contributed by atoms with Crippen LogP contribution in [0.5, 0.6) is 0 Å². The van der Waals surface area contributed by atoms with Crippen molar-refractivity contribution in [1.29, 1.82) is 0 Å². The molecule has 6 heteroatoms. The molecule has 0 spiro atoms. The minimum absolute atomic E-state index is 0.0756. The zero-order chi connectivity index (χ0) is 16.2. The van der Waals surface area contributed by atoms with Gasteiger partial charge in [-0.15, -0.1) is 11.3 Å². The van der Waals surface area contributed by atoms with Gasteiger partial charge < -0.3 is 4.90 Å². The van der Waals surface area contributed by atoms with Crippen LogP contribution in [-0.4, -0.2) is 41.9 Å². The first-order valence-electron chi connectivity index (χ1n) is 7.62. The number of carbonyl (C=O) groups is 1. The fraction of sp³-hybridized carbons (Fsp3) is 0.353. The molecule has 122 valence electrons. The predicted octanol–water partition coefficient (Wildman–Crippen LogP) is 4.51. The van der Waals surface area contributed by atoms with E-state index in [1.807, 2.05) is 17.0 Å². The van der Waals surface area contributed by atoms with Crippen molar-refractivity contribution in [3.8, 4) is 0 Å². The Morgan fingerprint density at radius 2 is 2.09 bits per heavy atom. The summed E-state index contributed by atoms with van der Waals surface area (Å²) < 4.78 is 1.18. The van der Waals surface area contributed by atoms with Crippen LogP contribution in [0.15, 0.2) is 40.2 Å². The summed E-state index contributed by atoms with van der Waals surface area (Å²) in [5.41, 5.74) is 0.673. The van der Waals surface area contributed by atoms with Gasteiger partial charge in [0.1, 0.15) is 0 Å². The average molecular weight is 414 g/mol. The van der Waals surface area contributed by atoms with Gasteiger partial charge in [-0.25, -0.2) is 0 Å². The number of thiophene rings is 1. The molecule has 1 aliphatic heterocycles. The molecule has 1 amide bonds. The maximum atomic E-state index is 12.6. The number of amides is 1.